The van der Waals surface area contributed by atoms with Crippen molar-refractivity contribution in [3.05, 3.63) is 53.2 Å². The number of hydrogen-bond acceptors (Lipinski definition) is 5. The normalized spacial score (nSPS) is 27.8. The summed E-state index contributed by atoms with van der Waals surface area (Å²) in [5.74, 6) is -2.08. The highest BCUT2D eigenvalue weighted by Gasteiger charge is 2.47. The van der Waals surface area contributed by atoms with E-state index in [9.17, 15) is 18.7 Å². The number of nitrogens with zero attached hydrogens (tertiary/aromatic N) is 2. The van der Waals surface area contributed by atoms with E-state index in [0.717, 1.165) is 25.2 Å². The summed E-state index contributed by atoms with van der Waals surface area (Å²) in [5.41, 5.74) is -0.868. The maximum Gasteiger partial charge on any atom is 0.357 e. The number of halogens is 2. The fraction of sp³-hybridized carbons (Fsp3) is 0.474. The molecule has 8 heteroatoms. The van der Waals surface area contributed by atoms with E-state index in [4.69, 9.17) is 9.52 Å². The van der Waals surface area contributed by atoms with Crippen molar-refractivity contribution in [3.63, 3.8) is 0 Å². The van der Waals surface area contributed by atoms with Crippen molar-refractivity contribution in [1.29, 1.82) is 0 Å². The molecule has 2 unspecified atom stereocenters. The Labute approximate surface area is 154 Å². The van der Waals surface area contributed by atoms with Crippen LogP contribution in [0.2, 0.25) is 0 Å². The van der Waals surface area contributed by atoms with Gasteiger partial charge >= 0.3 is 5.97 Å². The molecule has 27 heavy (non-hydrogen) atoms. The maximum absolute atomic E-state index is 14.0. The molecule has 4 rings (SSSR count). The summed E-state index contributed by atoms with van der Waals surface area (Å²) in [6.45, 7) is 0.379. The second-order valence-corrected chi connectivity index (χ2v) is 7.53. The number of aliphatic hydroxyl groups is 1. The third-order valence-electron chi connectivity index (χ3n) is 5.63. The van der Waals surface area contributed by atoms with E-state index in [2.05, 4.69) is 9.88 Å². The predicted molar refractivity (Wildman–Crippen MR) is 90.1 cm³/mol. The van der Waals surface area contributed by atoms with Gasteiger partial charge in [0.05, 0.1) is 12.1 Å². The molecular formula is C19H20F2N2O4. The van der Waals surface area contributed by atoms with E-state index in [1.54, 1.807) is 0 Å². The summed E-state index contributed by atoms with van der Waals surface area (Å²) < 4.78 is 32.3. The number of carbonyl (C=O) groups is 1. The Hall–Kier alpha value is -2.32. The van der Waals surface area contributed by atoms with Crippen LogP contribution in [-0.2, 0) is 13.0 Å². The zero-order valence-corrected chi connectivity index (χ0v) is 14.6. The van der Waals surface area contributed by atoms with Crippen LogP contribution in [0.15, 0.2) is 28.9 Å². The van der Waals surface area contributed by atoms with Crippen molar-refractivity contribution in [2.24, 2.45) is 0 Å². The van der Waals surface area contributed by atoms with Crippen LogP contribution < -0.4 is 0 Å². The van der Waals surface area contributed by atoms with Crippen molar-refractivity contribution in [1.82, 2.24) is 9.88 Å². The van der Waals surface area contributed by atoms with Crippen LogP contribution in [-0.4, -0.2) is 43.8 Å². The molecule has 144 valence electrons. The zero-order chi connectivity index (χ0) is 19.2. The molecule has 0 spiro atoms. The molecule has 2 aromatic rings. The molecule has 2 saturated heterocycles. The molecule has 2 atom stereocenters. The van der Waals surface area contributed by atoms with Gasteiger partial charge in [-0.2, -0.15) is 0 Å². The molecule has 6 nitrogen and oxygen atoms in total. The van der Waals surface area contributed by atoms with Gasteiger partial charge in [0, 0.05) is 24.6 Å². The van der Waals surface area contributed by atoms with Gasteiger partial charge in [-0.3, -0.25) is 4.90 Å². The molecule has 3 heterocycles. The van der Waals surface area contributed by atoms with E-state index < -0.39 is 23.2 Å². The van der Waals surface area contributed by atoms with Gasteiger partial charge in [0.1, 0.15) is 17.9 Å². The smallest absolute Gasteiger partial charge is 0.357 e. The SMILES string of the molecule is O=C(O)c1coc(CN2C3CCC2CC(O)(Cc2ccc(F)cc2F)C3)n1. The lowest BCUT2D eigenvalue weighted by atomic mass is 9.81. The largest absolute Gasteiger partial charge is 0.476 e. The van der Waals surface area contributed by atoms with E-state index in [1.165, 1.54) is 12.1 Å². The van der Waals surface area contributed by atoms with E-state index >= 15 is 0 Å². The lowest BCUT2D eigenvalue weighted by Gasteiger charge is -2.43. The summed E-state index contributed by atoms with van der Waals surface area (Å²) >= 11 is 0. The maximum atomic E-state index is 14.0. The molecule has 0 amide bonds. The van der Waals surface area contributed by atoms with Gasteiger partial charge in [-0.25, -0.2) is 18.6 Å². The monoisotopic (exact) mass is 378 g/mol. The molecule has 1 aromatic heterocycles. The van der Waals surface area contributed by atoms with Crippen LogP contribution in [0.3, 0.4) is 0 Å². The summed E-state index contributed by atoms with van der Waals surface area (Å²) in [5, 5.41) is 20.0. The average molecular weight is 378 g/mol. The zero-order valence-electron chi connectivity index (χ0n) is 14.6. The molecule has 2 aliphatic rings. The van der Waals surface area contributed by atoms with Crippen molar-refractivity contribution in [3.8, 4) is 0 Å². The van der Waals surface area contributed by atoms with Crippen molar-refractivity contribution < 1.29 is 28.2 Å². The average Bonchev–Trinajstić information content (AvgIpc) is 3.15. The first kappa shape index (κ1) is 18.1. The number of aromatic nitrogens is 1. The van der Waals surface area contributed by atoms with Gasteiger partial charge in [0.2, 0.25) is 5.89 Å². The minimum absolute atomic E-state index is 0.0810. The first-order chi connectivity index (χ1) is 12.8. The number of carboxylic acids is 1. The highest BCUT2D eigenvalue weighted by Crippen LogP contribution is 2.43. The molecule has 2 fully saturated rings. The first-order valence-corrected chi connectivity index (χ1v) is 8.93. The number of piperidine rings is 1. The van der Waals surface area contributed by atoms with Gasteiger partial charge in [-0.05, 0) is 37.3 Å². The third-order valence-corrected chi connectivity index (χ3v) is 5.63. The van der Waals surface area contributed by atoms with E-state index in [0.29, 0.717) is 30.8 Å². The van der Waals surface area contributed by atoms with Crippen molar-refractivity contribution in [2.45, 2.75) is 56.3 Å². The number of rotatable bonds is 5. The van der Waals surface area contributed by atoms with Crippen LogP contribution in [0.25, 0.3) is 0 Å². The predicted octanol–water partition coefficient (Wildman–Crippen LogP) is 2.75. The Balaban J connectivity index is 1.46. The quantitative estimate of drug-likeness (QED) is 0.832. The number of benzene rings is 1. The molecule has 2 bridgehead atoms. The standard InChI is InChI=1S/C19H20F2N2O4/c20-12-2-1-11(15(21)5-12)6-19(26)7-13-3-4-14(8-19)23(13)9-17-22-16(10-27-17)18(24)25/h1-2,5,10,13-14,26H,3-4,6-9H2,(H,24,25). The summed E-state index contributed by atoms with van der Waals surface area (Å²) in [6, 6.07) is 3.59. The number of oxazole rings is 1. The Morgan fingerprint density at radius 2 is 2.00 bits per heavy atom. The fourth-order valence-corrected chi connectivity index (χ4v) is 4.47. The van der Waals surface area contributed by atoms with Crippen molar-refractivity contribution >= 4 is 5.97 Å². The van der Waals surface area contributed by atoms with Gasteiger partial charge in [0.15, 0.2) is 5.69 Å². The van der Waals surface area contributed by atoms with Crippen molar-refractivity contribution in [2.75, 3.05) is 0 Å². The third kappa shape index (κ3) is 3.59. The molecule has 2 aliphatic heterocycles. The summed E-state index contributed by atoms with van der Waals surface area (Å²) in [4.78, 5) is 17.1. The van der Waals surface area contributed by atoms with Gasteiger partial charge in [-0.15, -0.1) is 0 Å². The minimum Gasteiger partial charge on any atom is -0.476 e. The molecule has 1 aromatic carbocycles. The summed E-state index contributed by atoms with van der Waals surface area (Å²) in [6.07, 6.45) is 3.98. The molecule has 2 N–H and O–H groups in total. The van der Waals surface area contributed by atoms with Gasteiger partial charge < -0.3 is 14.6 Å². The fourth-order valence-electron chi connectivity index (χ4n) is 4.47. The second-order valence-electron chi connectivity index (χ2n) is 7.53. The highest BCUT2D eigenvalue weighted by molar-refractivity contribution is 5.84. The second kappa shape index (κ2) is 6.69. The number of aromatic carboxylic acids is 1. The number of fused-ring (bicyclic) bond motifs is 2. The van der Waals surface area contributed by atoms with Gasteiger partial charge in [0.25, 0.3) is 0 Å². The molecule has 0 radical (unpaired) electrons. The number of hydrogen-bond donors (Lipinski definition) is 2. The molecule has 0 saturated carbocycles. The first-order valence-electron chi connectivity index (χ1n) is 8.93. The molecular weight excluding hydrogens is 358 g/mol. The summed E-state index contributed by atoms with van der Waals surface area (Å²) in [7, 11) is 0. The Morgan fingerprint density at radius 1 is 1.30 bits per heavy atom. The Morgan fingerprint density at radius 3 is 2.59 bits per heavy atom. The van der Waals surface area contributed by atoms with Crippen LogP contribution in [0.5, 0.6) is 0 Å². The van der Waals surface area contributed by atoms with Crippen LogP contribution in [0.1, 0.15) is 47.6 Å². The lowest BCUT2D eigenvalue weighted by molar-refractivity contribution is -0.0563. The molecule has 0 aliphatic carbocycles. The Bertz CT molecular complexity index is 855. The Kier molecular flexibility index (Phi) is 4.47. The minimum atomic E-state index is -1.14. The lowest BCUT2D eigenvalue weighted by Crippen LogP contribution is -2.51. The van der Waals surface area contributed by atoms with Crippen LogP contribution >= 0.6 is 0 Å². The van der Waals surface area contributed by atoms with Crippen LogP contribution in [0, 0.1) is 11.6 Å². The highest BCUT2D eigenvalue weighted by atomic mass is 19.1. The number of carboxylic acid groups (broad SMARTS) is 1. The topological polar surface area (TPSA) is 86.8 Å². The van der Waals surface area contributed by atoms with E-state index in [-0.39, 0.29) is 24.2 Å². The van der Waals surface area contributed by atoms with Gasteiger partial charge in [-0.1, -0.05) is 6.07 Å². The van der Waals surface area contributed by atoms with E-state index in [1.807, 2.05) is 0 Å². The van der Waals surface area contributed by atoms with Crippen LogP contribution in [0.4, 0.5) is 8.78 Å².